The van der Waals surface area contributed by atoms with E-state index in [9.17, 15) is 5.11 Å². The van der Waals surface area contributed by atoms with E-state index >= 15 is 0 Å². The van der Waals surface area contributed by atoms with Gasteiger partial charge in [0.05, 0.1) is 11.7 Å². The third kappa shape index (κ3) is 3.96. The van der Waals surface area contributed by atoms with Crippen LogP contribution >= 0.6 is 0 Å². The van der Waals surface area contributed by atoms with E-state index in [1.165, 1.54) is 25.7 Å². The average molecular weight is 254 g/mol. The van der Waals surface area contributed by atoms with E-state index in [1.54, 1.807) is 0 Å². The van der Waals surface area contributed by atoms with E-state index in [-0.39, 0.29) is 5.60 Å². The lowest BCUT2D eigenvalue weighted by Crippen LogP contribution is -2.36. The Hall–Kier alpha value is -0.0800. The second-order valence-electron chi connectivity index (χ2n) is 6.85. The molecule has 0 aromatic rings. The lowest BCUT2D eigenvalue weighted by molar-refractivity contribution is -0.0350. The lowest BCUT2D eigenvalue weighted by atomic mass is 9.72. The molecule has 3 atom stereocenters. The Labute approximate surface area is 112 Å². The lowest BCUT2D eigenvalue weighted by Gasteiger charge is -2.39. The van der Waals surface area contributed by atoms with Crippen LogP contribution in [0.5, 0.6) is 0 Å². The minimum atomic E-state index is -0.369. The zero-order valence-electron chi connectivity index (χ0n) is 12.2. The Bertz CT molecular complexity index is 245. The van der Waals surface area contributed by atoms with Gasteiger partial charge >= 0.3 is 0 Å². The molecule has 0 radical (unpaired) electrons. The number of hydrogen-bond donors (Lipinski definition) is 1. The number of hydrogen-bond acceptors (Lipinski definition) is 2. The standard InChI is InChI=1S/C16H30O2/c1-13(2)14-6-3-9-16(17,12-14)10-4-7-15-8-5-11-18-15/h13-15,17H,3-12H2,1-2H3. The highest BCUT2D eigenvalue weighted by Gasteiger charge is 2.35. The summed E-state index contributed by atoms with van der Waals surface area (Å²) in [6, 6.07) is 0. The maximum atomic E-state index is 10.7. The first-order valence-electron chi connectivity index (χ1n) is 7.93. The molecule has 106 valence electrons. The minimum Gasteiger partial charge on any atom is -0.390 e. The molecule has 1 saturated carbocycles. The normalized spacial score (nSPS) is 37.3. The van der Waals surface area contributed by atoms with Crippen molar-refractivity contribution in [2.24, 2.45) is 11.8 Å². The molecule has 2 aliphatic rings. The summed E-state index contributed by atoms with van der Waals surface area (Å²) in [6.45, 7) is 5.54. The van der Waals surface area contributed by atoms with Crippen LogP contribution in [-0.2, 0) is 4.74 Å². The Kier molecular flexibility index (Phi) is 5.08. The molecule has 0 aromatic heterocycles. The molecule has 1 saturated heterocycles. The summed E-state index contributed by atoms with van der Waals surface area (Å²) in [5.74, 6) is 1.45. The van der Waals surface area contributed by atoms with Crippen LogP contribution in [-0.4, -0.2) is 23.4 Å². The molecule has 2 nitrogen and oxygen atoms in total. The highest BCUT2D eigenvalue weighted by Crippen LogP contribution is 2.39. The second kappa shape index (κ2) is 6.38. The van der Waals surface area contributed by atoms with Gasteiger partial charge < -0.3 is 9.84 Å². The fraction of sp³-hybridized carbons (Fsp3) is 1.00. The van der Waals surface area contributed by atoms with Gasteiger partial charge in [-0.25, -0.2) is 0 Å². The molecule has 1 heterocycles. The highest BCUT2D eigenvalue weighted by atomic mass is 16.5. The van der Waals surface area contributed by atoms with E-state index in [4.69, 9.17) is 4.74 Å². The van der Waals surface area contributed by atoms with Gasteiger partial charge in [0, 0.05) is 6.61 Å². The fourth-order valence-electron chi connectivity index (χ4n) is 3.71. The molecule has 18 heavy (non-hydrogen) atoms. The van der Waals surface area contributed by atoms with E-state index in [0.29, 0.717) is 6.10 Å². The first kappa shape index (κ1) is 14.3. The van der Waals surface area contributed by atoms with Crippen LogP contribution < -0.4 is 0 Å². The molecule has 0 amide bonds. The van der Waals surface area contributed by atoms with Crippen molar-refractivity contribution < 1.29 is 9.84 Å². The predicted molar refractivity (Wildman–Crippen MR) is 74.6 cm³/mol. The van der Waals surface area contributed by atoms with Gasteiger partial charge in [0.15, 0.2) is 0 Å². The summed E-state index contributed by atoms with van der Waals surface area (Å²) in [5.41, 5.74) is -0.369. The van der Waals surface area contributed by atoms with Crippen molar-refractivity contribution in [3.05, 3.63) is 0 Å². The number of ether oxygens (including phenoxy) is 1. The molecule has 1 aliphatic carbocycles. The zero-order valence-corrected chi connectivity index (χ0v) is 12.2. The van der Waals surface area contributed by atoms with Crippen molar-refractivity contribution in [1.82, 2.24) is 0 Å². The molecule has 0 aromatic carbocycles. The largest absolute Gasteiger partial charge is 0.390 e. The molecular formula is C16H30O2. The molecule has 0 bridgehead atoms. The number of rotatable bonds is 5. The van der Waals surface area contributed by atoms with Crippen molar-refractivity contribution >= 4 is 0 Å². The first-order chi connectivity index (χ1) is 8.59. The summed E-state index contributed by atoms with van der Waals surface area (Å²) < 4.78 is 5.65. The summed E-state index contributed by atoms with van der Waals surface area (Å²) in [4.78, 5) is 0. The van der Waals surface area contributed by atoms with Crippen molar-refractivity contribution in [3.63, 3.8) is 0 Å². The van der Waals surface area contributed by atoms with Gasteiger partial charge in [0.2, 0.25) is 0 Å². The van der Waals surface area contributed by atoms with Crippen LogP contribution in [0.2, 0.25) is 0 Å². The first-order valence-corrected chi connectivity index (χ1v) is 7.93. The smallest absolute Gasteiger partial charge is 0.0650 e. The topological polar surface area (TPSA) is 29.5 Å². The second-order valence-corrected chi connectivity index (χ2v) is 6.85. The van der Waals surface area contributed by atoms with Crippen LogP contribution in [0, 0.1) is 11.8 Å². The Morgan fingerprint density at radius 1 is 1.28 bits per heavy atom. The molecular weight excluding hydrogens is 224 g/mol. The molecule has 3 unspecified atom stereocenters. The van der Waals surface area contributed by atoms with E-state index in [2.05, 4.69) is 13.8 Å². The van der Waals surface area contributed by atoms with Crippen molar-refractivity contribution in [2.45, 2.75) is 83.3 Å². The summed E-state index contributed by atoms with van der Waals surface area (Å²) in [6.07, 6.45) is 10.8. The van der Waals surface area contributed by atoms with Crippen LogP contribution in [0.15, 0.2) is 0 Å². The van der Waals surface area contributed by atoms with Crippen molar-refractivity contribution in [3.8, 4) is 0 Å². The molecule has 2 rings (SSSR count). The minimum absolute atomic E-state index is 0.369. The summed E-state index contributed by atoms with van der Waals surface area (Å²) in [7, 11) is 0. The van der Waals surface area contributed by atoms with Gasteiger partial charge in [-0.3, -0.25) is 0 Å². The van der Waals surface area contributed by atoms with Crippen molar-refractivity contribution in [2.75, 3.05) is 6.61 Å². The predicted octanol–water partition coefficient (Wildman–Crippen LogP) is 3.91. The summed E-state index contributed by atoms with van der Waals surface area (Å²) >= 11 is 0. The maximum absolute atomic E-state index is 10.7. The van der Waals surface area contributed by atoms with Gasteiger partial charge in [-0.2, -0.15) is 0 Å². The Balaban J connectivity index is 1.72. The third-order valence-corrected chi connectivity index (χ3v) is 4.99. The van der Waals surface area contributed by atoms with Gasteiger partial charge in [0.1, 0.15) is 0 Å². The van der Waals surface area contributed by atoms with Crippen molar-refractivity contribution in [1.29, 1.82) is 0 Å². The third-order valence-electron chi connectivity index (χ3n) is 4.99. The van der Waals surface area contributed by atoms with E-state index < -0.39 is 0 Å². The van der Waals surface area contributed by atoms with Gasteiger partial charge in [0.25, 0.3) is 0 Å². The Morgan fingerprint density at radius 2 is 2.11 bits per heavy atom. The van der Waals surface area contributed by atoms with E-state index in [1.807, 2.05) is 0 Å². The zero-order chi connectivity index (χ0) is 13.0. The maximum Gasteiger partial charge on any atom is 0.0650 e. The van der Waals surface area contributed by atoms with Gasteiger partial charge in [-0.05, 0) is 63.2 Å². The van der Waals surface area contributed by atoms with Crippen LogP contribution in [0.3, 0.4) is 0 Å². The fourth-order valence-corrected chi connectivity index (χ4v) is 3.71. The molecule has 2 heteroatoms. The van der Waals surface area contributed by atoms with Gasteiger partial charge in [-0.15, -0.1) is 0 Å². The molecule has 1 N–H and O–H groups in total. The van der Waals surface area contributed by atoms with E-state index in [0.717, 1.165) is 50.5 Å². The molecule has 0 spiro atoms. The Morgan fingerprint density at radius 3 is 2.78 bits per heavy atom. The average Bonchev–Trinajstić information content (AvgIpc) is 2.82. The molecule has 2 fully saturated rings. The van der Waals surface area contributed by atoms with Gasteiger partial charge in [-0.1, -0.05) is 20.3 Å². The highest BCUT2D eigenvalue weighted by molar-refractivity contribution is 4.87. The number of aliphatic hydroxyl groups is 1. The monoisotopic (exact) mass is 254 g/mol. The molecule has 1 aliphatic heterocycles. The van der Waals surface area contributed by atoms with Crippen LogP contribution in [0.1, 0.15) is 71.6 Å². The van der Waals surface area contributed by atoms with Crippen LogP contribution in [0.25, 0.3) is 0 Å². The SMILES string of the molecule is CC(C)C1CCCC(O)(CCCC2CCCO2)C1. The van der Waals surface area contributed by atoms with Crippen LogP contribution in [0.4, 0.5) is 0 Å². The quantitative estimate of drug-likeness (QED) is 0.806. The summed E-state index contributed by atoms with van der Waals surface area (Å²) in [5, 5.41) is 10.7.